The van der Waals surface area contributed by atoms with Crippen LogP contribution in [0.5, 0.6) is 0 Å². The number of amides is 1. The summed E-state index contributed by atoms with van der Waals surface area (Å²) in [6, 6.07) is 3.81. The number of allylic oxidation sites excluding steroid dienone is 3. The zero-order chi connectivity index (χ0) is 21.4. The number of nitrogens with one attached hydrogen (secondary N) is 1. The molecule has 0 bridgehead atoms. The molecule has 0 spiro atoms. The van der Waals surface area contributed by atoms with Crippen LogP contribution in [-0.2, 0) is 20.7 Å². The number of carbonyl (C=O) groups excluding carboxylic acids is 2. The van der Waals surface area contributed by atoms with Crippen molar-refractivity contribution in [3.05, 3.63) is 46.7 Å². The summed E-state index contributed by atoms with van der Waals surface area (Å²) < 4.78 is 4.65. The Morgan fingerprint density at radius 3 is 2.43 bits per heavy atom. The zero-order valence-electron chi connectivity index (χ0n) is 16.6. The van der Waals surface area contributed by atoms with E-state index < -0.39 is 0 Å². The minimum Gasteiger partial charge on any atom is -0.469 e. The number of carbonyl (C=O) groups is 2. The number of hydrogen-bond acceptors (Lipinski definition) is 6. The maximum Gasteiger partial charge on any atom is 0.310 e. The van der Waals surface area contributed by atoms with E-state index in [2.05, 4.69) is 27.9 Å². The average molecular weight is 419 g/mol. The van der Waals surface area contributed by atoms with Gasteiger partial charge < -0.3 is 10.1 Å². The van der Waals surface area contributed by atoms with E-state index in [-0.39, 0.29) is 18.3 Å². The van der Waals surface area contributed by atoms with Gasteiger partial charge in [0.1, 0.15) is 0 Å². The van der Waals surface area contributed by atoms with Crippen LogP contribution in [0.3, 0.4) is 0 Å². The highest BCUT2D eigenvalue weighted by molar-refractivity contribution is 7.17. The van der Waals surface area contributed by atoms with Crippen LogP contribution in [-0.4, -0.2) is 24.0 Å². The summed E-state index contributed by atoms with van der Waals surface area (Å²) in [4.78, 5) is 29.2. The molecule has 1 N–H and O–H groups in total. The minimum absolute atomic E-state index is 0.0865. The third-order valence-electron chi connectivity index (χ3n) is 3.08. The van der Waals surface area contributed by atoms with Gasteiger partial charge in [-0.3, -0.25) is 9.59 Å². The number of terminal acetylenes is 1. The zero-order valence-corrected chi connectivity index (χ0v) is 18.2. The van der Waals surface area contributed by atoms with Gasteiger partial charge in [-0.2, -0.15) is 0 Å². The molecule has 2 aromatic heterocycles. The Labute approximate surface area is 175 Å². The molecule has 7 heteroatoms. The summed E-state index contributed by atoms with van der Waals surface area (Å²) in [5.41, 5.74) is 0.799. The number of thiazole rings is 1. The number of hydrogen-bond donors (Lipinski definition) is 1. The van der Waals surface area contributed by atoms with E-state index in [0.29, 0.717) is 11.6 Å². The third kappa shape index (κ3) is 9.86. The predicted molar refractivity (Wildman–Crippen MR) is 120 cm³/mol. The first-order valence-electron chi connectivity index (χ1n) is 8.47. The predicted octanol–water partition coefficient (Wildman–Crippen LogP) is 5.32. The SMILES string of the molecule is C#C.C/C=C/CC(=O)Nc1nc(-c2ccc(CC(=O)OC)s2)cs1.C/C=C\C. The van der Waals surface area contributed by atoms with Crippen molar-refractivity contribution in [3.8, 4) is 23.4 Å². The fraction of sp³-hybridized carbons (Fsp3) is 0.286. The molecule has 0 saturated carbocycles. The van der Waals surface area contributed by atoms with E-state index in [9.17, 15) is 9.59 Å². The normalized spacial score (nSPS) is 9.93. The van der Waals surface area contributed by atoms with Crippen molar-refractivity contribution in [1.29, 1.82) is 0 Å². The number of ether oxygens (including phenoxy) is 1. The van der Waals surface area contributed by atoms with Crippen molar-refractivity contribution in [2.24, 2.45) is 0 Å². The minimum atomic E-state index is -0.261. The molecular weight excluding hydrogens is 392 g/mol. The highest BCUT2D eigenvalue weighted by Crippen LogP contribution is 2.31. The van der Waals surface area contributed by atoms with Crippen LogP contribution in [0.2, 0.25) is 0 Å². The van der Waals surface area contributed by atoms with Crippen molar-refractivity contribution in [1.82, 2.24) is 4.98 Å². The maximum atomic E-state index is 11.6. The highest BCUT2D eigenvalue weighted by Gasteiger charge is 2.11. The second kappa shape index (κ2) is 15.4. The van der Waals surface area contributed by atoms with Gasteiger partial charge in [-0.15, -0.1) is 35.5 Å². The van der Waals surface area contributed by atoms with Gasteiger partial charge in [-0.1, -0.05) is 24.3 Å². The number of aromatic nitrogens is 1. The van der Waals surface area contributed by atoms with Crippen molar-refractivity contribution < 1.29 is 14.3 Å². The van der Waals surface area contributed by atoms with E-state index >= 15 is 0 Å². The van der Waals surface area contributed by atoms with Gasteiger partial charge in [0.15, 0.2) is 5.13 Å². The van der Waals surface area contributed by atoms with Gasteiger partial charge in [-0.05, 0) is 32.9 Å². The Bertz CT molecular complexity index is 797. The number of nitrogens with zero attached hydrogens (tertiary/aromatic N) is 1. The molecule has 28 heavy (non-hydrogen) atoms. The van der Waals surface area contributed by atoms with Gasteiger partial charge in [0.2, 0.25) is 5.91 Å². The van der Waals surface area contributed by atoms with Crippen LogP contribution in [0.4, 0.5) is 5.13 Å². The van der Waals surface area contributed by atoms with Crippen LogP contribution in [0, 0.1) is 12.8 Å². The smallest absolute Gasteiger partial charge is 0.310 e. The largest absolute Gasteiger partial charge is 0.469 e. The summed E-state index contributed by atoms with van der Waals surface area (Å²) in [6.45, 7) is 5.87. The first kappa shape index (κ1) is 25.3. The lowest BCUT2D eigenvalue weighted by atomic mass is 10.3. The molecule has 0 radical (unpaired) electrons. The second-order valence-corrected chi connectivity index (χ2v) is 7.07. The third-order valence-corrected chi connectivity index (χ3v) is 4.95. The van der Waals surface area contributed by atoms with Crippen LogP contribution in [0.15, 0.2) is 41.8 Å². The summed E-state index contributed by atoms with van der Waals surface area (Å²) in [6.07, 6.45) is 16.2. The molecule has 150 valence electrons. The molecule has 0 aliphatic carbocycles. The van der Waals surface area contributed by atoms with Crippen LogP contribution in [0.1, 0.15) is 32.1 Å². The topological polar surface area (TPSA) is 68.3 Å². The quantitative estimate of drug-likeness (QED) is 0.391. The standard InChI is InChI=1S/C15H16N2O3S2.C4H8.C2H2/c1-3-4-5-13(18)17-15-16-11(9-21-15)12-7-6-10(22-12)8-14(19)20-2;1-3-4-2;1-2/h3-4,6-7,9H,5,8H2,1-2H3,(H,16,17,18);3-4H,1-2H3;1-2H/b4-3+;4-3-;. The van der Waals surface area contributed by atoms with Crippen molar-refractivity contribution >= 4 is 39.7 Å². The van der Waals surface area contributed by atoms with E-state index in [1.807, 2.05) is 56.5 Å². The van der Waals surface area contributed by atoms with Crippen molar-refractivity contribution in [3.63, 3.8) is 0 Å². The lowest BCUT2D eigenvalue weighted by Gasteiger charge is -1.97. The Hall–Kier alpha value is -2.69. The number of methoxy groups -OCH3 is 1. The van der Waals surface area contributed by atoms with E-state index in [4.69, 9.17) is 0 Å². The average Bonchev–Trinajstić information content (AvgIpc) is 3.37. The molecule has 0 unspecified atom stereocenters. The number of anilines is 1. The second-order valence-electron chi connectivity index (χ2n) is 5.04. The molecule has 5 nitrogen and oxygen atoms in total. The summed E-state index contributed by atoms with van der Waals surface area (Å²) in [5.74, 6) is -0.347. The number of rotatable bonds is 6. The summed E-state index contributed by atoms with van der Waals surface area (Å²) >= 11 is 2.88. The molecule has 0 saturated heterocycles. The van der Waals surface area contributed by atoms with Gasteiger partial charge in [0, 0.05) is 16.7 Å². The van der Waals surface area contributed by atoms with Crippen molar-refractivity contribution in [2.75, 3.05) is 12.4 Å². The Morgan fingerprint density at radius 2 is 1.86 bits per heavy atom. The number of esters is 1. The van der Waals surface area contributed by atoms with Gasteiger partial charge in [0.05, 0.1) is 24.1 Å². The molecule has 0 fully saturated rings. The molecule has 0 aromatic carbocycles. The first-order valence-corrected chi connectivity index (χ1v) is 10.2. The fourth-order valence-corrected chi connectivity index (χ4v) is 3.42. The molecule has 2 rings (SSSR count). The lowest BCUT2D eigenvalue weighted by molar-refractivity contribution is -0.139. The van der Waals surface area contributed by atoms with Crippen LogP contribution in [0.25, 0.3) is 10.6 Å². The maximum absolute atomic E-state index is 11.6. The van der Waals surface area contributed by atoms with Crippen molar-refractivity contribution in [2.45, 2.75) is 33.6 Å². The number of thiophene rings is 1. The molecule has 1 amide bonds. The highest BCUT2D eigenvalue weighted by atomic mass is 32.1. The van der Waals surface area contributed by atoms with Crippen LogP contribution < -0.4 is 5.32 Å². The molecule has 0 aliphatic rings. The Balaban J connectivity index is 0.00000108. The van der Waals surface area contributed by atoms with E-state index in [0.717, 1.165) is 15.4 Å². The summed E-state index contributed by atoms with van der Waals surface area (Å²) in [7, 11) is 1.37. The first-order chi connectivity index (χ1) is 13.5. The molecule has 0 atom stereocenters. The fourth-order valence-electron chi connectivity index (χ4n) is 1.66. The molecule has 0 aliphatic heterocycles. The van der Waals surface area contributed by atoms with Gasteiger partial charge in [-0.25, -0.2) is 4.98 Å². The summed E-state index contributed by atoms with van der Waals surface area (Å²) in [5, 5.41) is 5.23. The molecular formula is C21H26N2O3S2. The van der Waals surface area contributed by atoms with Gasteiger partial charge in [0.25, 0.3) is 0 Å². The monoisotopic (exact) mass is 418 g/mol. The van der Waals surface area contributed by atoms with E-state index in [1.165, 1.54) is 29.8 Å². The lowest BCUT2D eigenvalue weighted by Crippen LogP contribution is -2.09. The molecule has 2 heterocycles. The van der Waals surface area contributed by atoms with E-state index in [1.54, 1.807) is 6.08 Å². The molecule has 2 aromatic rings. The van der Waals surface area contributed by atoms with Gasteiger partial charge >= 0.3 is 5.97 Å². The Morgan fingerprint density at radius 1 is 1.18 bits per heavy atom. The van der Waals surface area contributed by atoms with Crippen LogP contribution >= 0.6 is 22.7 Å². The Kier molecular flexibility index (Phi) is 13.9.